The first-order chi connectivity index (χ1) is 8.77. The molecule has 0 saturated carbocycles. The van der Waals surface area contributed by atoms with Gasteiger partial charge in [0, 0.05) is 38.1 Å². The normalized spacial score (nSPS) is 14.0. The summed E-state index contributed by atoms with van der Waals surface area (Å²) in [7, 11) is 4.09. The van der Waals surface area contributed by atoms with Gasteiger partial charge in [0.2, 0.25) is 10.0 Å². The Morgan fingerprint density at radius 2 is 2.05 bits per heavy atom. The first-order valence-corrected chi connectivity index (χ1v) is 7.72. The predicted octanol–water partition coefficient (Wildman–Crippen LogP) is -0.0271. The quantitative estimate of drug-likeness (QED) is 0.740. The van der Waals surface area contributed by atoms with E-state index in [-0.39, 0.29) is 6.04 Å². The monoisotopic (exact) mass is 288 g/mol. The van der Waals surface area contributed by atoms with Crippen LogP contribution in [0.5, 0.6) is 0 Å². The highest BCUT2D eigenvalue weighted by Gasteiger charge is 2.18. The van der Waals surface area contributed by atoms with Crippen LogP contribution in [0, 0.1) is 0 Å². The van der Waals surface area contributed by atoms with E-state index < -0.39 is 10.0 Å². The zero-order valence-electron chi connectivity index (χ0n) is 12.3. The second-order valence-corrected chi connectivity index (χ2v) is 6.74. The molecule has 0 aliphatic rings. The van der Waals surface area contributed by atoms with E-state index in [1.807, 2.05) is 44.6 Å². The van der Waals surface area contributed by atoms with Crippen LogP contribution in [0.2, 0.25) is 0 Å². The molecule has 0 aliphatic carbocycles. The van der Waals surface area contributed by atoms with Crippen LogP contribution in [0.1, 0.15) is 12.6 Å². The Labute approximate surface area is 115 Å². The van der Waals surface area contributed by atoms with Gasteiger partial charge in [-0.05, 0) is 34.1 Å². The lowest BCUT2D eigenvalue weighted by Crippen LogP contribution is -2.38. The van der Waals surface area contributed by atoms with E-state index in [1.165, 1.54) is 0 Å². The number of sulfonamides is 1. The van der Waals surface area contributed by atoms with E-state index >= 15 is 0 Å². The van der Waals surface area contributed by atoms with Gasteiger partial charge in [0.1, 0.15) is 0 Å². The molecule has 0 aromatic carbocycles. The molecule has 0 fully saturated rings. The second-order valence-electron chi connectivity index (χ2n) is 4.97. The van der Waals surface area contributed by atoms with Crippen molar-refractivity contribution in [2.45, 2.75) is 24.4 Å². The Bertz CT molecular complexity index is 508. The van der Waals surface area contributed by atoms with Crippen molar-refractivity contribution >= 4 is 10.0 Å². The molecule has 0 amide bonds. The molecule has 19 heavy (non-hydrogen) atoms. The fraction of sp³-hybridized carbons (Fsp3) is 0.667. The molecule has 1 unspecified atom stereocenters. The molecule has 0 saturated heterocycles. The van der Waals surface area contributed by atoms with Gasteiger partial charge in [-0.1, -0.05) is 0 Å². The topological polar surface area (TPSA) is 66.4 Å². The SMILES string of the molecule is CNCc1cc(S(=O)(=O)NCC(C)N(C)C)cn1C. The number of rotatable bonds is 7. The summed E-state index contributed by atoms with van der Waals surface area (Å²) in [5, 5.41) is 3.01. The van der Waals surface area contributed by atoms with Gasteiger partial charge in [-0.25, -0.2) is 13.1 Å². The van der Waals surface area contributed by atoms with Crippen molar-refractivity contribution < 1.29 is 8.42 Å². The van der Waals surface area contributed by atoms with E-state index in [0.29, 0.717) is 18.0 Å². The molecule has 0 aliphatic heterocycles. The smallest absolute Gasteiger partial charge is 0.242 e. The van der Waals surface area contributed by atoms with Crippen molar-refractivity contribution in [2.24, 2.45) is 7.05 Å². The van der Waals surface area contributed by atoms with Crippen LogP contribution in [-0.4, -0.2) is 51.6 Å². The highest BCUT2D eigenvalue weighted by Crippen LogP contribution is 2.13. The molecular formula is C12H24N4O2S. The lowest BCUT2D eigenvalue weighted by Gasteiger charge is -2.19. The van der Waals surface area contributed by atoms with E-state index in [1.54, 1.807) is 12.3 Å². The van der Waals surface area contributed by atoms with Gasteiger partial charge in [0.05, 0.1) is 4.90 Å². The molecule has 0 bridgehead atoms. The van der Waals surface area contributed by atoms with Gasteiger partial charge in [-0.3, -0.25) is 0 Å². The predicted molar refractivity (Wildman–Crippen MR) is 76.5 cm³/mol. The van der Waals surface area contributed by atoms with Crippen molar-refractivity contribution in [2.75, 3.05) is 27.7 Å². The van der Waals surface area contributed by atoms with Crippen LogP contribution in [0.15, 0.2) is 17.2 Å². The summed E-state index contributed by atoms with van der Waals surface area (Å²) in [6.45, 7) is 3.01. The zero-order chi connectivity index (χ0) is 14.6. The van der Waals surface area contributed by atoms with Crippen molar-refractivity contribution in [1.29, 1.82) is 0 Å². The number of hydrogen-bond donors (Lipinski definition) is 2. The maximum atomic E-state index is 12.2. The fourth-order valence-corrected chi connectivity index (χ4v) is 2.79. The highest BCUT2D eigenvalue weighted by molar-refractivity contribution is 7.89. The average Bonchev–Trinajstić information content (AvgIpc) is 2.69. The molecule has 1 atom stereocenters. The molecule has 7 heteroatoms. The average molecular weight is 288 g/mol. The Balaban J connectivity index is 2.80. The molecule has 1 rings (SSSR count). The minimum Gasteiger partial charge on any atom is -0.352 e. The van der Waals surface area contributed by atoms with Crippen LogP contribution in [0.3, 0.4) is 0 Å². The minimum atomic E-state index is -3.43. The molecule has 0 radical (unpaired) electrons. The van der Waals surface area contributed by atoms with E-state index in [4.69, 9.17) is 0 Å². The van der Waals surface area contributed by atoms with Gasteiger partial charge in [0.15, 0.2) is 0 Å². The summed E-state index contributed by atoms with van der Waals surface area (Å²) < 4.78 is 28.8. The van der Waals surface area contributed by atoms with Crippen LogP contribution in [0.4, 0.5) is 0 Å². The van der Waals surface area contributed by atoms with Crippen LogP contribution < -0.4 is 10.0 Å². The molecule has 1 aromatic rings. The van der Waals surface area contributed by atoms with E-state index in [9.17, 15) is 8.42 Å². The number of likely N-dealkylation sites (N-methyl/N-ethyl adjacent to an activating group) is 1. The molecule has 6 nitrogen and oxygen atoms in total. The van der Waals surface area contributed by atoms with Crippen molar-refractivity contribution in [1.82, 2.24) is 19.5 Å². The number of nitrogens with zero attached hydrogens (tertiary/aromatic N) is 2. The zero-order valence-corrected chi connectivity index (χ0v) is 13.1. The third-order valence-corrected chi connectivity index (χ3v) is 4.59. The van der Waals surface area contributed by atoms with Gasteiger partial charge in [-0.15, -0.1) is 0 Å². The summed E-state index contributed by atoms with van der Waals surface area (Å²) >= 11 is 0. The maximum Gasteiger partial charge on any atom is 0.242 e. The summed E-state index contributed by atoms with van der Waals surface area (Å²) in [5.41, 5.74) is 0.934. The number of aryl methyl sites for hydroxylation is 1. The number of nitrogens with one attached hydrogen (secondary N) is 2. The standard InChI is InChI=1S/C12H24N4O2S/c1-10(15(3)4)7-14-19(17,18)12-6-11(8-13-2)16(5)9-12/h6,9-10,13-14H,7-8H2,1-5H3. The highest BCUT2D eigenvalue weighted by atomic mass is 32.2. The minimum absolute atomic E-state index is 0.148. The summed E-state index contributed by atoms with van der Waals surface area (Å²) in [6.07, 6.45) is 1.63. The Morgan fingerprint density at radius 1 is 1.42 bits per heavy atom. The summed E-state index contributed by atoms with van der Waals surface area (Å²) in [6, 6.07) is 1.84. The Morgan fingerprint density at radius 3 is 2.58 bits per heavy atom. The lowest BCUT2D eigenvalue weighted by atomic mass is 10.3. The van der Waals surface area contributed by atoms with E-state index in [2.05, 4.69) is 10.0 Å². The van der Waals surface area contributed by atoms with Crippen LogP contribution in [0.25, 0.3) is 0 Å². The second kappa shape index (κ2) is 6.51. The summed E-state index contributed by atoms with van der Waals surface area (Å²) in [5.74, 6) is 0. The Kier molecular flexibility index (Phi) is 5.54. The van der Waals surface area contributed by atoms with Gasteiger partial charge in [0.25, 0.3) is 0 Å². The maximum absolute atomic E-state index is 12.2. The van der Waals surface area contributed by atoms with Gasteiger partial charge >= 0.3 is 0 Å². The number of hydrogen-bond acceptors (Lipinski definition) is 4. The van der Waals surface area contributed by atoms with Crippen LogP contribution in [-0.2, 0) is 23.6 Å². The first-order valence-electron chi connectivity index (χ1n) is 6.24. The van der Waals surface area contributed by atoms with Crippen molar-refractivity contribution in [3.63, 3.8) is 0 Å². The first kappa shape index (κ1) is 16.2. The third-order valence-electron chi connectivity index (χ3n) is 3.20. The van der Waals surface area contributed by atoms with Crippen molar-refractivity contribution in [3.8, 4) is 0 Å². The molecular weight excluding hydrogens is 264 g/mol. The molecule has 0 spiro atoms. The molecule has 2 N–H and O–H groups in total. The summed E-state index contributed by atoms with van der Waals surface area (Å²) in [4.78, 5) is 2.28. The van der Waals surface area contributed by atoms with Crippen LogP contribution >= 0.6 is 0 Å². The van der Waals surface area contributed by atoms with Crippen molar-refractivity contribution in [3.05, 3.63) is 18.0 Å². The fourth-order valence-electron chi connectivity index (χ4n) is 1.58. The molecule has 1 aromatic heterocycles. The van der Waals surface area contributed by atoms with Gasteiger partial charge in [-0.2, -0.15) is 0 Å². The lowest BCUT2D eigenvalue weighted by molar-refractivity contribution is 0.314. The Hall–Kier alpha value is -0.890. The van der Waals surface area contributed by atoms with E-state index in [0.717, 1.165) is 5.69 Å². The van der Waals surface area contributed by atoms with Gasteiger partial charge < -0.3 is 14.8 Å². The largest absolute Gasteiger partial charge is 0.352 e. The molecule has 1 heterocycles. The number of aromatic nitrogens is 1. The molecule has 110 valence electrons. The third kappa shape index (κ3) is 4.31.